The van der Waals surface area contributed by atoms with Gasteiger partial charge in [0.25, 0.3) is 0 Å². The number of hydrogen-bond acceptors (Lipinski definition) is 4. The molecule has 0 amide bonds. The summed E-state index contributed by atoms with van der Waals surface area (Å²) in [7, 11) is 1.28. The SMILES string of the molecule is COC(=O)c1ccc(Br)c(N=C=O)c1. The molecule has 0 aliphatic heterocycles. The average molecular weight is 256 g/mol. The van der Waals surface area contributed by atoms with E-state index in [-0.39, 0.29) is 0 Å². The van der Waals surface area contributed by atoms with Gasteiger partial charge in [-0.3, -0.25) is 0 Å². The molecule has 0 saturated carbocycles. The summed E-state index contributed by atoms with van der Waals surface area (Å²) in [5.74, 6) is -0.472. The molecule has 0 aliphatic rings. The molecule has 0 aromatic heterocycles. The maximum Gasteiger partial charge on any atom is 0.337 e. The summed E-state index contributed by atoms with van der Waals surface area (Å²) in [6.07, 6.45) is 1.40. The van der Waals surface area contributed by atoms with Crippen LogP contribution in [0.25, 0.3) is 0 Å². The Kier molecular flexibility index (Phi) is 3.56. The van der Waals surface area contributed by atoms with Crippen LogP contribution in [0.3, 0.4) is 0 Å². The lowest BCUT2D eigenvalue weighted by Gasteiger charge is -2.00. The van der Waals surface area contributed by atoms with E-state index in [4.69, 9.17) is 0 Å². The van der Waals surface area contributed by atoms with Gasteiger partial charge in [-0.25, -0.2) is 9.59 Å². The molecule has 0 spiro atoms. The number of carbonyl (C=O) groups excluding carboxylic acids is 2. The van der Waals surface area contributed by atoms with Gasteiger partial charge >= 0.3 is 5.97 Å². The molecule has 72 valence electrons. The van der Waals surface area contributed by atoms with Crippen LogP contribution in [0.15, 0.2) is 27.7 Å². The van der Waals surface area contributed by atoms with E-state index in [0.717, 1.165) is 0 Å². The third kappa shape index (κ3) is 2.28. The van der Waals surface area contributed by atoms with Crippen molar-refractivity contribution < 1.29 is 14.3 Å². The van der Waals surface area contributed by atoms with Gasteiger partial charge in [-0.1, -0.05) is 0 Å². The number of isocyanates is 1. The monoisotopic (exact) mass is 255 g/mol. The molecule has 0 radical (unpaired) electrons. The Labute approximate surface area is 88.7 Å². The van der Waals surface area contributed by atoms with Gasteiger partial charge in [-0.05, 0) is 34.1 Å². The van der Waals surface area contributed by atoms with Crippen LogP contribution in [-0.2, 0) is 9.53 Å². The predicted octanol–water partition coefficient (Wildman–Crippen LogP) is 2.20. The van der Waals surface area contributed by atoms with Crippen LogP contribution < -0.4 is 0 Å². The Bertz CT molecular complexity index is 411. The first-order chi connectivity index (χ1) is 6.69. The standard InChI is InChI=1S/C9H6BrNO3/c1-14-9(13)6-2-3-7(10)8(4-6)11-5-12/h2-4H,1H3. The fraction of sp³-hybridized carbons (Fsp3) is 0.111. The first-order valence-electron chi connectivity index (χ1n) is 3.64. The quantitative estimate of drug-likeness (QED) is 0.463. The van der Waals surface area contributed by atoms with Crippen LogP contribution in [-0.4, -0.2) is 19.2 Å². The van der Waals surface area contributed by atoms with E-state index >= 15 is 0 Å². The zero-order valence-electron chi connectivity index (χ0n) is 7.28. The van der Waals surface area contributed by atoms with Gasteiger partial charge in [0.15, 0.2) is 0 Å². The zero-order valence-corrected chi connectivity index (χ0v) is 8.87. The number of esters is 1. The number of carbonyl (C=O) groups is 1. The summed E-state index contributed by atoms with van der Waals surface area (Å²) in [5.41, 5.74) is 0.688. The number of methoxy groups -OCH3 is 1. The van der Waals surface area contributed by atoms with Crippen molar-refractivity contribution in [1.82, 2.24) is 0 Å². The predicted molar refractivity (Wildman–Crippen MR) is 53.3 cm³/mol. The molecule has 1 aromatic carbocycles. The van der Waals surface area contributed by atoms with Gasteiger partial charge in [0.1, 0.15) is 0 Å². The third-order valence-electron chi connectivity index (χ3n) is 1.53. The molecule has 4 nitrogen and oxygen atoms in total. The maximum absolute atomic E-state index is 11.1. The van der Waals surface area contributed by atoms with E-state index < -0.39 is 5.97 Å². The lowest BCUT2D eigenvalue weighted by atomic mass is 10.2. The summed E-state index contributed by atoms with van der Waals surface area (Å²) in [6, 6.07) is 4.63. The Hall–Kier alpha value is -1.45. The van der Waals surface area contributed by atoms with Crippen molar-refractivity contribution in [2.45, 2.75) is 0 Å². The second-order valence-electron chi connectivity index (χ2n) is 2.36. The molecule has 0 saturated heterocycles. The van der Waals surface area contributed by atoms with Crippen LogP contribution in [0, 0.1) is 0 Å². The Morgan fingerprint density at radius 3 is 2.86 bits per heavy atom. The number of rotatable bonds is 2. The van der Waals surface area contributed by atoms with E-state index in [0.29, 0.717) is 15.7 Å². The van der Waals surface area contributed by atoms with Crippen molar-refractivity contribution in [3.05, 3.63) is 28.2 Å². The van der Waals surface area contributed by atoms with E-state index in [2.05, 4.69) is 25.7 Å². The van der Waals surface area contributed by atoms with Crippen LogP contribution in [0.1, 0.15) is 10.4 Å². The van der Waals surface area contributed by atoms with Crippen molar-refractivity contribution >= 4 is 33.7 Å². The Morgan fingerprint density at radius 1 is 1.57 bits per heavy atom. The minimum atomic E-state index is -0.472. The number of aliphatic imine (C=N–C) groups is 1. The summed E-state index contributed by atoms with van der Waals surface area (Å²) >= 11 is 3.18. The highest BCUT2D eigenvalue weighted by Crippen LogP contribution is 2.26. The molecule has 1 aromatic rings. The fourth-order valence-electron chi connectivity index (χ4n) is 0.892. The van der Waals surface area contributed by atoms with Crippen LogP contribution in [0.2, 0.25) is 0 Å². The van der Waals surface area contributed by atoms with Crippen LogP contribution >= 0.6 is 15.9 Å². The van der Waals surface area contributed by atoms with Gasteiger partial charge < -0.3 is 4.74 Å². The number of hydrogen-bond donors (Lipinski definition) is 0. The molecular formula is C9H6BrNO3. The molecule has 0 atom stereocenters. The number of halogens is 1. The molecular weight excluding hydrogens is 250 g/mol. The minimum absolute atomic E-state index is 0.338. The normalized spacial score (nSPS) is 9.00. The number of benzene rings is 1. The van der Waals surface area contributed by atoms with Gasteiger partial charge in [-0.15, -0.1) is 0 Å². The second kappa shape index (κ2) is 4.69. The summed E-state index contributed by atoms with van der Waals surface area (Å²) < 4.78 is 5.13. The highest BCUT2D eigenvalue weighted by Gasteiger charge is 2.07. The molecule has 0 unspecified atom stereocenters. The maximum atomic E-state index is 11.1. The Balaban J connectivity index is 3.18. The second-order valence-corrected chi connectivity index (χ2v) is 3.22. The molecule has 0 fully saturated rings. The first kappa shape index (κ1) is 10.6. The van der Waals surface area contributed by atoms with Gasteiger partial charge in [-0.2, -0.15) is 4.99 Å². The van der Waals surface area contributed by atoms with Crippen LogP contribution in [0.4, 0.5) is 5.69 Å². The largest absolute Gasteiger partial charge is 0.465 e. The van der Waals surface area contributed by atoms with Crippen molar-refractivity contribution in [1.29, 1.82) is 0 Å². The highest BCUT2D eigenvalue weighted by atomic mass is 79.9. The van der Waals surface area contributed by atoms with Crippen molar-refractivity contribution in [3.8, 4) is 0 Å². The summed E-state index contributed by atoms with van der Waals surface area (Å²) in [5, 5.41) is 0. The number of ether oxygens (including phenoxy) is 1. The van der Waals surface area contributed by atoms with Crippen LogP contribution in [0.5, 0.6) is 0 Å². The molecule has 0 aliphatic carbocycles. The van der Waals surface area contributed by atoms with Crippen molar-refractivity contribution in [3.63, 3.8) is 0 Å². The molecule has 1 rings (SSSR count). The van der Waals surface area contributed by atoms with E-state index in [9.17, 15) is 9.59 Å². The molecule has 0 bridgehead atoms. The molecule has 0 heterocycles. The third-order valence-corrected chi connectivity index (χ3v) is 2.20. The smallest absolute Gasteiger partial charge is 0.337 e. The minimum Gasteiger partial charge on any atom is -0.465 e. The first-order valence-corrected chi connectivity index (χ1v) is 4.44. The topological polar surface area (TPSA) is 55.7 Å². The summed E-state index contributed by atoms with van der Waals surface area (Å²) in [4.78, 5) is 24.6. The van der Waals surface area contributed by atoms with E-state index in [1.54, 1.807) is 12.1 Å². The fourth-order valence-corrected chi connectivity index (χ4v) is 1.23. The van der Waals surface area contributed by atoms with E-state index in [1.165, 1.54) is 19.3 Å². The van der Waals surface area contributed by atoms with Gasteiger partial charge in [0.05, 0.1) is 18.4 Å². The van der Waals surface area contributed by atoms with Gasteiger partial charge in [0, 0.05) is 4.47 Å². The zero-order chi connectivity index (χ0) is 10.6. The molecule has 0 N–H and O–H groups in total. The lowest BCUT2D eigenvalue weighted by molar-refractivity contribution is 0.0601. The highest BCUT2D eigenvalue weighted by molar-refractivity contribution is 9.10. The van der Waals surface area contributed by atoms with E-state index in [1.807, 2.05) is 0 Å². The number of nitrogens with zero attached hydrogens (tertiary/aromatic N) is 1. The molecule has 14 heavy (non-hydrogen) atoms. The van der Waals surface area contributed by atoms with Gasteiger partial charge in [0.2, 0.25) is 6.08 Å². The summed E-state index contributed by atoms with van der Waals surface area (Å²) in [6.45, 7) is 0. The Morgan fingerprint density at radius 2 is 2.29 bits per heavy atom. The lowest BCUT2D eigenvalue weighted by Crippen LogP contribution is -2.00. The van der Waals surface area contributed by atoms with Crippen molar-refractivity contribution in [2.75, 3.05) is 7.11 Å². The average Bonchev–Trinajstić information content (AvgIpc) is 2.20. The molecule has 5 heteroatoms. The van der Waals surface area contributed by atoms with Crippen molar-refractivity contribution in [2.24, 2.45) is 4.99 Å².